The fraction of sp³-hybridized carbons (Fsp3) is 0.480. The summed E-state index contributed by atoms with van der Waals surface area (Å²) in [6.07, 6.45) is 0.913. The van der Waals surface area contributed by atoms with Gasteiger partial charge in [0.2, 0.25) is 0 Å². The summed E-state index contributed by atoms with van der Waals surface area (Å²) in [6, 6.07) is 15.1. The number of rotatable bonds is 9. The van der Waals surface area contributed by atoms with Crippen molar-refractivity contribution in [3.8, 4) is 5.75 Å². The Kier molecular flexibility index (Phi) is 9.18. The SMILES string of the molecule is CCNC(=NCc1cccc(CN2CCOCC2)c1)NCCc1ccc(C)c(OC)c1. The van der Waals surface area contributed by atoms with Crippen molar-refractivity contribution in [2.75, 3.05) is 46.5 Å². The van der Waals surface area contributed by atoms with Crippen molar-refractivity contribution in [1.82, 2.24) is 15.5 Å². The lowest BCUT2D eigenvalue weighted by Crippen LogP contribution is -2.38. The summed E-state index contributed by atoms with van der Waals surface area (Å²) in [5.74, 6) is 1.79. The van der Waals surface area contributed by atoms with E-state index in [0.29, 0.717) is 6.54 Å². The third kappa shape index (κ3) is 7.56. The first kappa shape index (κ1) is 23.1. The van der Waals surface area contributed by atoms with Gasteiger partial charge >= 0.3 is 0 Å². The minimum atomic E-state index is 0.657. The van der Waals surface area contributed by atoms with Crippen LogP contribution < -0.4 is 15.4 Å². The zero-order valence-corrected chi connectivity index (χ0v) is 19.1. The van der Waals surface area contributed by atoms with E-state index in [1.807, 2.05) is 0 Å². The maximum absolute atomic E-state index is 5.45. The van der Waals surface area contributed by atoms with E-state index < -0.39 is 0 Å². The van der Waals surface area contributed by atoms with Crippen LogP contribution in [0.25, 0.3) is 0 Å². The lowest BCUT2D eigenvalue weighted by molar-refractivity contribution is 0.0342. The second kappa shape index (κ2) is 12.3. The largest absolute Gasteiger partial charge is 0.496 e. The van der Waals surface area contributed by atoms with Crippen LogP contribution in [-0.2, 0) is 24.2 Å². The van der Waals surface area contributed by atoms with E-state index in [2.05, 4.69) is 71.8 Å². The fourth-order valence-corrected chi connectivity index (χ4v) is 3.70. The van der Waals surface area contributed by atoms with Gasteiger partial charge in [0.05, 0.1) is 26.9 Å². The molecule has 0 aromatic heterocycles. The van der Waals surface area contributed by atoms with Crippen LogP contribution in [0.4, 0.5) is 0 Å². The zero-order valence-electron chi connectivity index (χ0n) is 19.1. The Morgan fingerprint density at radius 2 is 1.87 bits per heavy atom. The first-order valence-electron chi connectivity index (χ1n) is 11.2. The Labute approximate surface area is 186 Å². The summed E-state index contributed by atoms with van der Waals surface area (Å²) in [5.41, 5.74) is 4.97. The molecule has 1 saturated heterocycles. The molecule has 1 aliphatic heterocycles. The Bertz CT molecular complexity index is 847. The van der Waals surface area contributed by atoms with E-state index in [-0.39, 0.29) is 0 Å². The number of ether oxygens (including phenoxy) is 2. The zero-order chi connectivity index (χ0) is 21.9. The highest BCUT2D eigenvalue weighted by Gasteiger charge is 2.10. The molecule has 1 aliphatic rings. The van der Waals surface area contributed by atoms with E-state index >= 15 is 0 Å². The molecular weight excluding hydrogens is 388 g/mol. The number of nitrogens with one attached hydrogen (secondary N) is 2. The molecular formula is C25H36N4O2. The van der Waals surface area contributed by atoms with Gasteiger partial charge in [-0.15, -0.1) is 0 Å². The number of benzene rings is 2. The van der Waals surface area contributed by atoms with Crippen LogP contribution in [0.15, 0.2) is 47.5 Å². The fourth-order valence-electron chi connectivity index (χ4n) is 3.70. The topological polar surface area (TPSA) is 58.1 Å². The summed E-state index contributed by atoms with van der Waals surface area (Å²) >= 11 is 0. The van der Waals surface area contributed by atoms with E-state index in [1.165, 1.54) is 16.7 Å². The molecule has 0 spiro atoms. The third-order valence-corrected chi connectivity index (χ3v) is 5.44. The van der Waals surface area contributed by atoms with Crippen LogP contribution in [0, 0.1) is 6.92 Å². The maximum Gasteiger partial charge on any atom is 0.191 e. The highest BCUT2D eigenvalue weighted by Crippen LogP contribution is 2.19. The molecule has 0 radical (unpaired) electrons. The highest BCUT2D eigenvalue weighted by atomic mass is 16.5. The van der Waals surface area contributed by atoms with Crippen molar-refractivity contribution < 1.29 is 9.47 Å². The number of aliphatic imine (C=N–C) groups is 1. The Balaban J connectivity index is 1.53. The van der Waals surface area contributed by atoms with Gasteiger partial charge in [-0.3, -0.25) is 4.90 Å². The Hall–Kier alpha value is -2.57. The van der Waals surface area contributed by atoms with Gasteiger partial charge in [0.25, 0.3) is 0 Å². The molecule has 0 atom stereocenters. The number of aryl methyl sites for hydroxylation is 1. The molecule has 0 amide bonds. The summed E-state index contributed by atoms with van der Waals surface area (Å²) < 4.78 is 10.9. The van der Waals surface area contributed by atoms with Gasteiger partial charge in [0.1, 0.15) is 5.75 Å². The average Bonchev–Trinajstić information content (AvgIpc) is 2.79. The second-order valence-electron chi connectivity index (χ2n) is 7.88. The quantitative estimate of drug-likeness (QED) is 0.478. The lowest BCUT2D eigenvalue weighted by atomic mass is 10.1. The van der Waals surface area contributed by atoms with Gasteiger partial charge in [-0.25, -0.2) is 4.99 Å². The minimum Gasteiger partial charge on any atom is -0.496 e. The van der Waals surface area contributed by atoms with Crippen LogP contribution >= 0.6 is 0 Å². The van der Waals surface area contributed by atoms with E-state index in [4.69, 9.17) is 14.5 Å². The summed E-state index contributed by atoms with van der Waals surface area (Å²) in [4.78, 5) is 7.23. The predicted octanol–water partition coefficient (Wildman–Crippen LogP) is 3.13. The van der Waals surface area contributed by atoms with E-state index in [1.54, 1.807) is 7.11 Å². The molecule has 2 N–H and O–H groups in total. The normalized spacial score (nSPS) is 15.0. The van der Waals surface area contributed by atoms with Gasteiger partial charge in [-0.05, 0) is 48.6 Å². The smallest absolute Gasteiger partial charge is 0.191 e. The van der Waals surface area contributed by atoms with Crippen molar-refractivity contribution in [2.45, 2.75) is 33.4 Å². The van der Waals surface area contributed by atoms with Crippen LogP contribution in [0.2, 0.25) is 0 Å². The summed E-state index contributed by atoms with van der Waals surface area (Å²) in [5, 5.41) is 6.79. The maximum atomic E-state index is 5.45. The molecule has 168 valence electrons. The van der Waals surface area contributed by atoms with Crippen LogP contribution in [0.5, 0.6) is 5.75 Å². The first-order valence-corrected chi connectivity index (χ1v) is 11.2. The second-order valence-corrected chi connectivity index (χ2v) is 7.88. The number of hydrogen-bond acceptors (Lipinski definition) is 4. The molecule has 0 saturated carbocycles. The molecule has 3 rings (SSSR count). The van der Waals surface area contributed by atoms with Gasteiger partial charge in [0.15, 0.2) is 5.96 Å². The Morgan fingerprint density at radius 1 is 1.06 bits per heavy atom. The van der Waals surface area contributed by atoms with Crippen molar-refractivity contribution in [3.05, 3.63) is 64.7 Å². The Morgan fingerprint density at radius 3 is 2.65 bits per heavy atom. The average molecular weight is 425 g/mol. The number of guanidine groups is 1. The molecule has 2 aromatic rings. The molecule has 0 bridgehead atoms. The van der Waals surface area contributed by atoms with Crippen molar-refractivity contribution in [1.29, 1.82) is 0 Å². The molecule has 6 heteroatoms. The van der Waals surface area contributed by atoms with Crippen molar-refractivity contribution in [2.24, 2.45) is 4.99 Å². The monoisotopic (exact) mass is 424 g/mol. The van der Waals surface area contributed by atoms with Crippen LogP contribution in [-0.4, -0.2) is 57.4 Å². The van der Waals surface area contributed by atoms with Gasteiger partial charge in [-0.1, -0.05) is 36.4 Å². The number of hydrogen-bond donors (Lipinski definition) is 2. The predicted molar refractivity (Wildman–Crippen MR) is 127 cm³/mol. The minimum absolute atomic E-state index is 0.657. The van der Waals surface area contributed by atoms with E-state index in [0.717, 1.165) is 69.6 Å². The van der Waals surface area contributed by atoms with Crippen molar-refractivity contribution in [3.63, 3.8) is 0 Å². The molecule has 0 aliphatic carbocycles. The van der Waals surface area contributed by atoms with Gasteiger partial charge < -0.3 is 20.1 Å². The standard InChI is InChI=1S/C25H36N4O2/c1-4-26-25(27-11-10-21-9-8-20(2)24(17-21)30-3)28-18-22-6-5-7-23(16-22)19-29-12-14-31-15-13-29/h5-9,16-17H,4,10-15,18-19H2,1-3H3,(H2,26,27,28). The third-order valence-electron chi connectivity index (χ3n) is 5.44. The molecule has 31 heavy (non-hydrogen) atoms. The number of nitrogens with zero attached hydrogens (tertiary/aromatic N) is 2. The van der Waals surface area contributed by atoms with Gasteiger partial charge in [0, 0.05) is 32.7 Å². The van der Waals surface area contributed by atoms with E-state index in [9.17, 15) is 0 Å². The molecule has 2 aromatic carbocycles. The summed E-state index contributed by atoms with van der Waals surface area (Å²) in [6.45, 7) is 11.1. The molecule has 0 unspecified atom stereocenters. The first-order chi connectivity index (χ1) is 15.2. The molecule has 1 fully saturated rings. The molecule has 6 nitrogen and oxygen atoms in total. The van der Waals surface area contributed by atoms with Crippen LogP contribution in [0.1, 0.15) is 29.2 Å². The molecule has 1 heterocycles. The number of morpholine rings is 1. The van der Waals surface area contributed by atoms with Crippen molar-refractivity contribution >= 4 is 5.96 Å². The summed E-state index contributed by atoms with van der Waals surface area (Å²) in [7, 11) is 1.72. The lowest BCUT2D eigenvalue weighted by Gasteiger charge is -2.26. The highest BCUT2D eigenvalue weighted by molar-refractivity contribution is 5.79. The van der Waals surface area contributed by atoms with Crippen LogP contribution in [0.3, 0.4) is 0 Å². The van der Waals surface area contributed by atoms with Gasteiger partial charge in [-0.2, -0.15) is 0 Å². The number of methoxy groups -OCH3 is 1.